The molecule has 0 rings (SSSR count). The molecule has 384 valence electrons. The van der Waals surface area contributed by atoms with Crippen molar-refractivity contribution in [3.63, 3.8) is 0 Å². The van der Waals surface area contributed by atoms with E-state index in [9.17, 15) is 9.59 Å². The summed E-state index contributed by atoms with van der Waals surface area (Å²) in [5, 5.41) is 35.6. The smallest absolute Gasteiger partial charge is 0.672 e. The predicted octanol–water partition coefficient (Wildman–Crippen LogP) is -8.91. The molecule has 0 radical (unpaired) electrons. The van der Waals surface area contributed by atoms with Crippen LogP contribution >= 0.6 is 0 Å². The number of carbonyl (C=O) groups is 2. The normalized spacial score (nSPS) is 8.79. The molecule has 0 aliphatic heterocycles. The summed E-state index contributed by atoms with van der Waals surface area (Å²) in [7, 11) is -18.1. The maximum absolute atomic E-state index is 11.9. The molecule has 4 N–H and O–H groups in total. The number of aliphatic hydroxyl groups excluding tert-OH is 4. The summed E-state index contributed by atoms with van der Waals surface area (Å²) in [5.41, 5.74) is 0. The molecule has 68 heavy (non-hydrogen) atoms. The van der Waals surface area contributed by atoms with Gasteiger partial charge in [0.15, 0.2) is 0 Å². The van der Waals surface area contributed by atoms with Gasteiger partial charge in [-0.25, -0.2) is 0 Å². The van der Waals surface area contributed by atoms with Crippen molar-refractivity contribution < 1.29 is 100 Å². The molecule has 0 aliphatic rings. The Labute approximate surface area is 465 Å². The van der Waals surface area contributed by atoms with Crippen LogP contribution in [-0.4, -0.2) is 221 Å². The molecule has 0 unspecified atom stereocenters. The van der Waals surface area contributed by atoms with Crippen molar-refractivity contribution in [1.29, 1.82) is 0 Å². The van der Waals surface area contributed by atoms with Crippen LogP contribution in [0.1, 0.15) is 168 Å². The van der Waals surface area contributed by atoms with Crippen molar-refractivity contribution in [2.45, 2.75) is 168 Å². The van der Waals surface area contributed by atoms with Gasteiger partial charge in [-0.15, -0.1) is 0 Å². The van der Waals surface area contributed by atoms with Crippen molar-refractivity contribution in [2.24, 2.45) is 0 Å². The first-order valence-electron chi connectivity index (χ1n) is 21.6. The van der Waals surface area contributed by atoms with Crippen molar-refractivity contribution in [3.8, 4) is 0 Å². The van der Waals surface area contributed by atoms with Gasteiger partial charge < -0.3 is 100 Å². The van der Waals surface area contributed by atoms with Gasteiger partial charge in [0.2, 0.25) is 11.8 Å². The maximum Gasteiger partial charge on any atom is 3.00 e. The Hall–Kier alpha value is -0.538. The Kier molecular flexibility index (Phi) is 115. The summed E-state index contributed by atoms with van der Waals surface area (Å²) in [6.45, 7) is 5.67. The second kappa shape index (κ2) is 83.3. The van der Waals surface area contributed by atoms with Crippen LogP contribution in [0.15, 0.2) is 0 Å². The van der Waals surface area contributed by atoms with Crippen molar-refractivity contribution in [3.05, 3.63) is 0 Å². The summed E-state index contributed by atoms with van der Waals surface area (Å²) in [4.78, 5) is 112. The fourth-order valence-corrected chi connectivity index (χ4v) is 5.40. The molecule has 0 aromatic carbocycles. The average molecular weight is 1110 g/mol. The van der Waals surface area contributed by atoms with Gasteiger partial charge in [-0.05, 0) is 12.8 Å². The number of amides is 2. The molecule has 2 amide bonds. The van der Waals surface area contributed by atoms with Gasteiger partial charge in [0.1, 0.15) is 0 Å². The Bertz CT molecular complexity index is 950. The number of aliphatic hydroxyl groups is 4. The van der Waals surface area contributed by atoms with Gasteiger partial charge in [-0.1, -0.05) is 142 Å². The fraction of sp³-hybridized carbons (Fsp3) is 0.944. The van der Waals surface area contributed by atoms with E-state index in [0.29, 0.717) is 39.0 Å². The van der Waals surface area contributed by atoms with E-state index in [2.05, 4.69) is 13.8 Å². The SMILES string of the molecule is CCCCCCCCCCCCCC(=O)N(CCO)CCO.CCCCCCCCCCCCCC(=O)N(CCO)CCO.O=[Si]([O-])[O-].O=[Si]([O-])[O-].O=[Si]([O-])[O-].O=[Si]([O-])[O-].O=[Si]([O-])[O-].[Al+3].[Al+3].[Mg+2].[Mg+2]. The van der Waals surface area contributed by atoms with Gasteiger partial charge in [0, 0.05) is 84.9 Å². The van der Waals surface area contributed by atoms with E-state index >= 15 is 0 Å². The van der Waals surface area contributed by atoms with Crippen LogP contribution in [0.25, 0.3) is 0 Å². The second-order valence-electron chi connectivity index (χ2n) is 13.5. The average Bonchev–Trinajstić information content (AvgIpc) is 3.18. The summed E-state index contributed by atoms with van der Waals surface area (Å²) in [6.07, 6.45) is 29.1. The van der Waals surface area contributed by atoms with Crippen LogP contribution in [0.3, 0.4) is 0 Å². The molecule has 0 aliphatic carbocycles. The van der Waals surface area contributed by atoms with Crippen LogP contribution in [0.2, 0.25) is 0 Å². The number of hydrogen-bond acceptors (Lipinski definition) is 21. The molecule has 0 heterocycles. The number of rotatable bonds is 32. The molecule has 0 saturated heterocycles. The van der Waals surface area contributed by atoms with Crippen molar-refractivity contribution >= 4 is 138 Å². The standard InChI is InChI=1S/2C18H37NO3.2Al.2Mg.5O3Si/c2*1-2-3-4-5-6-7-8-9-10-11-12-13-18(22)19(14-16-20)15-17-21;;;;;5*1-4(2)3/h2*20-21H,2-17H2,1H3;;;;;;;;;/q;;2*+3;2*+2;5*-2. The number of nitrogens with zero attached hydrogens (tertiary/aromatic N) is 2. The molecule has 0 spiro atoms. The predicted molar refractivity (Wildman–Crippen MR) is 239 cm³/mol. The van der Waals surface area contributed by atoms with E-state index < -0.39 is 45.9 Å². The van der Waals surface area contributed by atoms with Crippen LogP contribution in [0.4, 0.5) is 0 Å². The van der Waals surface area contributed by atoms with E-state index in [4.69, 9.17) is 90.7 Å². The first-order valence-corrected chi connectivity index (χ1v) is 27.7. The van der Waals surface area contributed by atoms with Crippen molar-refractivity contribution in [2.75, 3.05) is 52.6 Å². The molecular formula is C36H74Al2Mg2N2O21Si5. The van der Waals surface area contributed by atoms with Gasteiger partial charge in [-0.2, -0.15) is 0 Å². The quantitative estimate of drug-likeness (QED) is 0.0359. The van der Waals surface area contributed by atoms with Gasteiger partial charge >= 0.3 is 80.8 Å². The molecule has 0 aromatic rings. The van der Waals surface area contributed by atoms with E-state index in [1.54, 1.807) is 9.80 Å². The minimum Gasteiger partial charge on any atom is -0.672 e. The van der Waals surface area contributed by atoms with Crippen LogP contribution in [0.5, 0.6) is 0 Å². The number of unbranched alkanes of at least 4 members (excludes halogenated alkanes) is 20. The zero-order chi connectivity index (χ0) is 50.8. The monoisotopic (exact) mass is 1110 g/mol. The molecule has 0 bridgehead atoms. The largest absolute Gasteiger partial charge is 3.00 e. The van der Waals surface area contributed by atoms with E-state index in [1.807, 2.05) is 0 Å². The molecule has 23 nitrogen and oxygen atoms in total. The molecular weight excluding hydrogens is 1040 g/mol. The van der Waals surface area contributed by atoms with Crippen LogP contribution in [-0.2, 0) is 31.9 Å². The second-order valence-corrected chi connectivity index (χ2v) is 16.0. The summed E-state index contributed by atoms with van der Waals surface area (Å²) < 4.78 is 42.6. The van der Waals surface area contributed by atoms with Crippen molar-refractivity contribution in [1.82, 2.24) is 9.80 Å². The Morgan fingerprint density at radius 2 is 0.471 bits per heavy atom. The van der Waals surface area contributed by atoms with Crippen LogP contribution < -0.4 is 48.0 Å². The molecule has 0 saturated carbocycles. The zero-order valence-corrected chi connectivity index (χ0v) is 50.5. The minimum atomic E-state index is -3.63. The van der Waals surface area contributed by atoms with Gasteiger partial charge in [-0.3, -0.25) is 9.59 Å². The van der Waals surface area contributed by atoms with E-state index in [0.717, 1.165) is 25.7 Å². The Balaban J connectivity index is -0.0000000727. The third-order valence-corrected chi connectivity index (χ3v) is 8.17. The molecule has 0 fully saturated rings. The summed E-state index contributed by atoms with van der Waals surface area (Å²) >= 11 is 0. The minimum absolute atomic E-state index is 0. The summed E-state index contributed by atoms with van der Waals surface area (Å²) in [6, 6.07) is 0. The zero-order valence-electron chi connectivity index (χ0n) is 40.3. The van der Waals surface area contributed by atoms with Crippen LogP contribution in [0, 0.1) is 0 Å². The molecule has 0 atom stereocenters. The third-order valence-electron chi connectivity index (χ3n) is 8.17. The summed E-state index contributed by atoms with van der Waals surface area (Å²) in [5.74, 6) is 0.109. The van der Waals surface area contributed by atoms with Gasteiger partial charge in [0.25, 0.3) is 0 Å². The Morgan fingerprint density at radius 3 is 0.603 bits per heavy atom. The van der Waals surface area contributed by atoms with E-state index in [-0.39, 0.29) is 119 Å². The Morgan fingerprint density at radius 1 is 0.338 bits per heavy atom. The third kappa shape index (κ3) is 132. The topological polar surface area (TPSA) is 437 Å². The maximum atomic E-state index is 11.9. The first-order chi connectivity index (χ1) is 30.2. The molecule has 0 aromatic heterocycles. The fourth-order valence-electron chi connectivity index (χ4n) is 5.40. The number of carbonyl (C=O) groups excluding carboxylic acids is 2. The first kappa shape index (κ1) is 93.5. The molecule has 32 heteroatoms. The van der Waals surface area contributed by atoms with E-state index in [1.165, 1.54) is 116 Å². The van der Waals surface area contributed by atoms with Gasteiger partial charge in [0.05, 0.1) is 26.4 Å². The number of hydrogen-bond donors (Lipinski definition) is 4.